The zero-order chi connectivity index (χ0) is 13.1. The molecular formula is C11H11F4NO. The van der Waals surface area contributed by atoms with Gasteiger partial charge in [-0.3, -0.25) is 4.79 Å². The third kappa shape index (κ3) is 4.05. The lowest BCUT2D eigenvalue weighted by Crippen LogP contribution is -2.31. The standard InChI is InChI=1S/C11H11F4NO/c1-16(7-6-11(13,14)15)10(17)8-4-2-3-5-9(8)12/h2-5H,6-7H2,1H3. The second-order valence-electron chi connectivity index (χ2n) is 3.57. The molecule has 0 heterocycles. The van der Waals surface area contributed by atoms with E-state index in [2.05, 4.69) is 0 Å². The van der Waals surface area contributed by atoms with Crippen LogP contribution in [0.1, 0.15) is 16.8 Å². The molecule has 0 aliphatic rings. The van der Waals surface area contributed by atoms with Crippen molar-refractivity contribution < 1.29 is 22.4 Å². The van der Waals surface area contributed by atoms with Gasteiger partial charge in [-0.2, -0.15) is 13.2 Å². The summed E-state index contributed by atoms with van der Waals surface area (Å²) in [5.41, 5.74) is -0.225. The van der Waals surface area contributed by atoms with E-state index >= 15 is 0 Å². The van der Waals surface area contributed by atoms with Crippen molar-refractivity contribution in [1.29, 1.82) is 0 Å². The van der Waals surface area contributed by atoms with E-state index in [4.69, 9.17) is 0 Å². The van der Waals surface area contributed by atoms with Crippen LogP contribution in [0.5, 0.6) is 0 Å². The average Bonchev–Trinajstić information content (AvgIpc) is 2.24. The van der Waals surface area contributed by atoms with Crippen molar-refractivity contribution in [3.8, 4) is 0 Å². The van der Waals surface area contributed by atoms with Crippen LogP contribution in [0.2, 0.25) is 0 Å². The van der Waals surface area contributed by atoms with Crippen LogP contribution in [-0.4, -0.2) is 30.6 Å². The first-order valence-corrected chi connectivity index (χ1v) is 4.88. The van der Waals surface area contributed by atoms with Gasteiger partial charge in [0.2, 0.25) is 0 Å². The summed E-state index contributed by atoms with van der Waals surface area (Å²) < 4.78 is 49.1. The normalized spacial score (nSPS) is 11.4. The SMILES string of the molecule is CN(CCC(F)(F)F)C(=O)c1ccccc1F. The molecule has 0 atom stereocenters. The highest BCUT2D eigenvalue weighted by Gasteiger charge is 2.28. The van der Waals surface area contributed by atoms with Crippen molar-refractivity contribution in [3.63, 3.8) is 0 Å². The lowest BCUT2D eigenvalue weighted by molar-refractivity contribution is -0.136. The van der Waals surface area contributed by atoms with Crippen molar-refractivity contribution in [3.05, 3.63) is 35.6 Å². The maximum absolute atomic E-state index is 13.2. The molecule has 0 aromatic heterocycles. The summed E-state index contributed by atoms with van der Waals surface area (Å²) >= 11 is 0. The minimum Gasteiger partial charge on any atom is -0.341 e. The van der Waals surface area contributed by atoms with Gasteiger partial charge >= 0.3 is 6.18 Å². The monoisotopic (exact) mass is 249 g/mol. The second-order valence-corrected chi connectivity index (χ2v) is 3.57. The van der Waals surface area contributed by atoms with E-state index in [1.54, 1.807) is 0 Å². The van der Waals surface area contributed by atoms with Gasteiger partial charge in [-0.15, -0.1) is 0 Å². The third-order valence-corrected chi connectivity index (χ3v) is 2.18. The topological polar surface area (TPSA) is 20.3 Å². The molecule has 2 nitrogen and oxygen atoms in total. The number of amides is 1. The number of benzene rings is 1. The quantitative estimate of drug-likeness (QED) is 0.754. The molecule has 0 N–H and O–H groups in total. The molecule has 0 radical (unpaired) electrons. The Hall–Kier alpha value is -1.59. The van der Waals surface area contributed by atoms with Crippen molar-refractivity contribution in [1.82, 2.24) is 4.90 Å². The molecule has 0 spiro atoms. The van der Waals surface area contributed by atoms with E-state index in [0.717, 1.165) is 11.0 Å². The number of nitrogens with zero attached hydrogens (tertiary/aromatic N) is 1. The van der Waals surface area contributed by atoms with Gasteiger partial charge in [-0.1, -0.05) is 12.1 Å². The maximum Gasteiger partial charge on any atom is 0.390 e. The Morgan fingerprint density at radius 3 is 2.41 bits per heavy atom. The smallest absolute Gasteiger partial charge is 0.341 e. The minimum absolute atomic E-state index is 0.225. The number of alkyl halides is 3. The van der Waals surface area contributed by atoms with Gasteiger partial charge in [0.25, 0.3) is 5.91 Å². The summed E-state index contributed by atoms with van der Waals surface area (Å²) in [6.07, 6.45) is -5.44. The van der Waals surface area contributed by atoms with E-state index in [-0.39, 0.29) is 5.56 Å². The lowest BCUT2D eigenvalue weighted by atomic mass is 10.2. The van der Waals surface area contributed by atoms with Crippen LogP contribution < -0.4 is 0 Å². The van der Waals surface area contributed by atoms with Crippen molar-refractivity contribution in [2.45, 2.75) is 12.6 Å². The van der Waals surface area contributed by atoms with Gasteiger partial charge in [0.05, 0.1) is 12.0 Å². The molecular weight excluding hydrogens is 238 g/mol. The van der Waals surface area contributed by atoms with Gasteiger partial charge in [-0.25, -0.2) is 4.39 Å². The first-order chi connectivity index (χ1) is 7.81. The number of rotatable bonds is 3. The van der Waals surface area contributed by atoms with Crippen LogP contribution >= 0.6 is 0 Å². The fourth-order valence-electron chi connectivity index (χ4n) is 1.24. The summed E-state index contributed by atoms with van der Waals surface area (Å²) in [5, 5.41) is 0. The van der Waals surface area contributed by atoms with Gasteiger partial charge in [-0.05, 0) is 12.1 Å². The Balaban J connectivity index is 2.68. The predicted octanol–water partition coefficient (Wildman–Crippen LogP) is 2.85. The van der Waals surface area contributed by atoms with E-state index in [1.807, 2.05) is 0 Å². The summed E-state index contributed by atoms with van der Waals surface area (Å²) in [7, 11) is 1.21. The van der Waals surface area contributed by atoms with Crippen LogP contribution in [0.15, 0.2) is 24.3 Å². The highest BCUT2D eigenvalue weighted by Crippen LogP contribution is 2.20. The average molecular weight is 249 g/mol. The number of hydrogen-bond acceptors (Lipinski definition) is 1. The van der Waals surface area contributed by atoms with E-state index in [0.29, 0.717) is 0 Å². The molecule has 1 rings (SSSR count). The summed E-state index contributed by atoms with van der Waals surface area (Å²) in [5.74, 6) is -1.50. The fourth-order valence-corrected chi connectivity index (χ4v) is 1.24. The van der Waals surface area contributed by atoms with Crippen LogP contribution in [-0.2, 0) is 0 Å². The second kappa shape index (κ2) is 5.16. The number of carbonyl (C=O) groups is 1. The number of carbonyl (C=O) groups excluding carboxylic acids is 1. The Morgan fingerprint density at radius 1 is 1.29 bits per heavy atom. The molecule has 17 heavy (non-hydrogen) atoms. The van der Waals surface area contributed by atoms with Crippen LogP contribution in [0, 0.1) is 5.82 Å². The molecule has 94 valence electrons. The van der Waals surface area contributed by atoms with Gasteiger partial charge in [0, 0.05) is 13.6 Å². The largest absolute Gasteiger partial charge is 0.390 e. The Morgan fingerprint density at radius 2 is 1.88 bits per heavy atom. The minimum atomic E-state index is -4.33. The summed E-state index contributed by atoms with van der Waals surface area (Å²) in [6.45, 7) is -0.489. The maximum atomic E-state index is 13.2. The van der Waals surface area contributed by atoms with Crippen molar-refractivity contribution in [2.24, 2.45) is 0 Å². The van der Waals surface area contributed by atoms with Gasteiger partial charge in [0.15, 0.2) is 0 Å². The molecule has 1 aromatic carbocycles. The first kappa shape index (κ1) is 13.5. The molecule has 0 fully saturated rings. The molecule has 1 amide bonds. The molecule has 6 heteroatoms. The Labute approximate surface area is 95.8 Å². The van der Waals surface area contributed by atoms with Crippen molar-refractivity contribution >= 4 is 5.91 Å². The third-order valence-electron chi connectivity index (χ3n) is 2.18. The number of hydrogen-bond donors (Lipinski definition) is 0. The van der Waals surface area contributed by atoms with E-state index < -0.39 is 30.9 Å². The molecule has 1 aromatic rings. The fraction of sp³-hybridized carbons (Fsp3) is 0.364. The molecule has 0 aliphatic carbocycles. The molecule has 0 saturated carbocycles. The van der Waals surface area contributed by atoms with E-state index in [9.17, 15) is 22.4 Å². The predicted molar refractivity (Wildman–Crippen MR) is 54.0 cm³/mol. The van der Waals surface area contributed by atoms with Crippen molar-refractivity contribution in [2.75, 3.05) is 13.6 Å². The van der Waals surface area contributed by atoms with Gasteiger partial charge in [0.1, 0.15) is 5.82 Å². The Kier molecular flexibility index (Phi) is 4.09. The molecule has 0 bridgehead atoms. The lowest BCUT2D eigenvalue weighted by Gasteiger charge is -2.18. The highest BCUT2D eigenvalue weighted by atomic mass is 19.4. The zero-order valence-electron chi connectivity index (χ0n) is 9.09. The highest BCUT2D eigenvalue weighted by molar-refractivity contribution is 5.94. The molecule has 0 aliphatic heterocycles. The zero-order valence-corrected chi connectivity index (χ0v) is 9.09. The van der Waals surface area contributed by atoms with E-state index in [1.165, 1.54) is 25.2 Å². The first-order valence-electron chi connectivity index (χ1n) is 4.88. The van der Waals surface area contributed by atoms with Gasteiger partial charge < -0.3 is 4.90 Å². The van der Waals surface area contributed by atoms with Crippen LogP contribution in [0.3, 0.4) is 0 Å². The van der Waals surface area contributed by atoms with Crippen LogP contribution in [0.4, 0.5) is 17.6 Å². The Bertz CT molecular complexity index is 403. The summed E-state index contributed by atoms with van der Waals surface area (Å²) in [6, 6.07) is 5.18. The molecule has 0 unspecified atom stereocenters. The summed E-state index contributed by atoms with van der Waals surface area (Å²) in [4.78, 5) is 12.5. The number of halogens is 4. The molecule has 0 saturated heterocycles. The van der Waals surface area contributed by atoms with Crippen LogP contribution in [0.25, 0.3) is 0 Å².